The fourth-order valence-corrected chi connectivity index (χ4v) is 2.59. The van der Waals surface area contributed by atoms with Gasteiger partial charge in [0.15, 0.2) is 0 Å². The second-order valence-corrected chi connectivity index (χ2v) is 6.95. The van der Waals surface area contributed by atoms with Crippen LogP contribution in [0.2, 0.25) is 0 Å². The van der Waals surface area contributed by atoms with Gasteiger partial charge in [-0.15, -0.1) is 0 Å². The summed E-state index contributed by atoms with van der Waals surface area (Å²) in [5.74, 6) is -0.0426. The summed E-state index contributed by atoms with van der Waals surface area (Å²) in [4.78, 5) is 12.1. The molecule has 0 aromatic heterocycles. The van der Waals surface area contributed by atoms with E-state index in [0.717, 1.165) is 5.56 Å². The van der Waals surface area contributed by atoms with E-state index in [0.29, 0.717) is 13.0 Å². The monoisotopic (exact) mass is 290 g/mol. The van der Waals surface area contributed by atoms with Crippen LogP contribution in [0.15, 0.2) is 24.3 Å². The molecule has 1 amide bonds. The van der Waals surface area contributed by atoms with Gasteiger partial charge in [-0.3, -0.25) is 4.79 Å². The molecule has 0 unspecified atom stereocenters. The Kier molecular flexibility index (Phi) is 4.69. The van der Waals surface area contributed by atoms with E-state index in [-0.39, 0.29) is 23.4 Å². The van der Waals surface area contributed by atoms with Crippen LogP contribution in [0, 0.1) is 0 Å². The van der Waals surface area contributed by atoms with E-state index in [9.17, 15) is 9.90 Å². The summed E-state index contributed by atoms with van der Waals surface area (Å²) in [6, 6.07) is 8.07. The van der Waals surface area contributed by atoms with Crippen LogP contribution in [0.4, 0.5) is 0 Å². The van der Waals surface area contributed by atoms with Crippen molar-refractivity contribution < 1.29 is 9.90 Å². The number of amides is 1. The molecule has 1 aromatic rings. The standard InChI is InChI=1S/C17H26N2O2/c1-11(19-16(21)15-9-14(20)10-18-15)12-5-7-13(8-6-12)17(2,3)4/h5-8,11,14-15,18,20H,9-10H2,1-4H3,(H,19,21)/t11-,14+,15+/m0/s1. The first-order valence-corrected chi connectivity index (χ1v) is 7.59. The zero-order valence-electron chi connectivity index (χ0n) is 13.3. The van der Waals surface area contributed by atoms with Gasteiger partial charge in [0, 0.05) is 6.54 Å². The zero-order chi connectivity index (χ0) is 15.6. The highest BCUT2D eigenvalue weighted by Gasteiger charge is 2.28. The summed E-state index contributed by atoms with van der Waals surface area (Å²) < 4.78 is 0. The highest BCUT2D eigenvalue weighted by atomic mass is 16.3. The Balaban J connectivity index is 1.97. The summed E-state index contributed by atoms with van der Waals surface area (Å²) in [6.07, 6.45) is 0.0729. The van der Waals surface area contributed by atoms with Crippen molar-refractivity contribution in [2.45, 2.75) is 57.7 Å². The number of hydrogen-bond donors (Lipinski definition) is 3. The molecule has 0 radical (unpaired) electrons. The second-order valence-electron chi connectivity index (χ2n) is 6.95. The highest BCUT2D eigenvalue weighted by Crippen LogP contribution is 2.24. The molecule has 0 saturated carbocycles. The predicted octanol–water partition coefficient (Wildman–Crippen LogP) is 1.88. The van der Waals surface area contributed by atoms with Gasteiger partial charge >= 0.3 is 0 Å². The fraction of sp³-hybridized carbons (Fsp3) is 0.588. The summed E-state index contributed by atoms with van der Waals surface area (Å²) in [5.41, 5.74) is 2.51. The lowest BCUT2D eigenvalue weighted by Crippen LogP contribution is -2.41. The second kappa shape index (κ2) is 6.16. The molecular formula is C17H26N2O2. The Morgan fingerprint density at radius 2 is 1.95 bits per heavy atom. The van der Waals surface area contributed by atoms with Gasteiger partial charge in [-0.1, -0.05) is 45.0 Å². The number of benzene rings is 1. The lowest BCUT2D eigenvalue weighted by atomic mass is 9.86. The number of aliphatic hydroxyl groups is 1. The van der Waals surface area contributed by atoms with Crippen LogP contribution in [-0.2, 0) is 10.2 Å². The zero-order valence-corrected chi connectivity index (χ0v) is 13.3. The van der Waals surface area contributed by atoms with Gasteiger partial charge < -0.3 is 15.7 Å². The largest absolute Gasteiger partial charge is 0.392 e. The van der Waals surface area contributed by atoms with Crippen molar-refractivity contribution in [3.63, 3.8) is 0 Å². The summed E-state index contributed by atoms with van der Waals surface area (Å²) in [6.45, 7) is 9.03. The molecule has 1 fully saturated rings. The molecule has 2 rings (SSSR count). The van der Waals surface area contributed by atoms with E-state index in [1.807, 2.05) is 6.92 Å². The van der Waals surface area contributed by atoms with E-state index in [4.69, 9.17) is 0 Å². The van der Waals surface area contributed by atoms with Gasteiger partial charge in [-0.25, -0.2) is 0 Å². The van der Waals surface area contributed by atoms with Crippen molar-refractivity contribution in [2.75, 3.05) is 6.54 Å². The molecular weight excluding hydrogens is 264 g/mol. The predicted molar refractivity (Wildman–Crippen MR) is 84.1 cm³/mol. The van der Waals surface area contributed by atoms with Crippen LogP contribution in [0.1, 0.15) is 51.3 Å². The van der Waals surface area contributed by atoms with Gasteiger partial charge in [0.25, 0.3) is 0 Å². The van der Waals surface area contributed by atoms with E-state index in [2.05, 4.69) is 55.7 Å². The molecule has 1 aliphatic heterocycles. The molecule has 4 heteroatoms. The van der Waals surface area contributed by atoms with Crippen LogP contribution in [0.3, 0.4) is 0 Å². The summed E-state index contributed by atoms with van der Waals surface area (Å²) in [5, 5.41) is 15.5. The molecule has 1 aliphatic rings. The SMILES string of the molecule is C[C@H](NC(=O)[C@H]1C[C@@H](O)CN1)c1ccc(C(C)(C)C)cc1. The molecule has 1 aromatic carbocycles. The Bertz CT molecular complexity index is 491. The van der Waals surface area contributed by atoms with Gasteiger partial charge in [0.1, 0.15) is 0 Å². The topological polar surface area (TPSA) is 61.4 Å². The molecule has 116 valence electrons. The van der Waals surface area contributed by atoms with Crippen molar-refractivity contribution in [1.29, 1.82) is 0 Å². The van der Waals surface area contributed by atoms with Crippen molar-refractivity contribution in [1.82, 2.24) is 10.6 Å². The maximum absolute atomic E-state index is 12.1. The van der Waals surface area contributed by atoms with Crippen LogP contribution >= 0.6 is 0 Å². The Morgan fingerprint density at radius 1 is 1.33 bits per heavy atom. The van der Waals surface area contributed by atoms with Crippen molar-refractivity contribution >= 4 is 5.91 Å². The van der Waals surface area contributed by atoms with E-state index in [1.54, 1.807) is 0 Å². The minimum atomic E-state index is -0.415. The number of nitrogens with one attached hydrogen (secondary N) is 2. The summed E-state index contributed by atoms with van der Waals surface area (Å²) >= 11 is 0. The number of β-amino-alcohol motifs (C(OH)–C–C–N with tert-alkyl or cyclic N) is 1. The van der Waals surface area contributed by atoms with Gasteiger partial charge in [0.2, 0.25) is 5.91 Å². The molecule has 21 heavy (non-hydrogen) atoms. The Labute approximate surface area is 126 Å². The maximum atomic E-state index is 12.1. The molecule has 4 nitrogen and oxygen atoms in total. The van der Waals surface area contributed by atoms with Gasteiger partial charge in [-0.2, -0.15) is 0 Å². The van der Waals surface area contributed by atoms with Gasteiger partial charge in [0.05, 0.1) is 18.2 Å². The number of aliphatic hydroxyl groups excluding tert-OH is 1. The summed E-state index contributed by atoms with van der Waals surface area (Å²) in [7, 11) is 0. The third kappa shape index (κ3) is 4.05. The molecule has 0 spiro atoms. The first-order chi connectivity index (χ1) is 9.77. The highest BCUT2D eigenvalue weighted by molar-refractivity contribution is 5.82. The average molecular weight is 290 g/mol. The van der Waals surface area contributed by atoms with E-state index >= 15 is 0 Å². The Hall–Kier alpha value is -1.39. The van der Waals surface area contributed by atoms with Crippen LogP contribution in [0.5, 0.6) is 0 Å². The Morgan fingerprint density at radius 3 is 2.43 bits per heavy atom. The van der Waals surface area contributed by atoms with Crippen LogP contribution in [0.25, 0.3) is 0 Å². The van der Waals surface area contributed by atoms with Crippen molar-refractivity contribution in [3.8, 4) is 0 Å². The van der Waals surface area contributed by atoms with Crippen molar-refractivity contribution in [3.05, 3.63) is 35.4 Å². The lowest BCUT2D eigenvalue weighted by molar-refractivity contribution is -0.123. The smallest absolute Gasteiger partial charge is 0.237 e. The number of carbonyl (C=O) groups excluding carboxylic acids is 1. The van der Waals surface area contributed by atoms with Crippen LogP contribution in [-0.4, -0.2) is 29.7 Å². The molecule has 3 N–H and O–H groups in total. The normalized spacial score (nSPS) is 23.9. The lowest BCUT2D eigenvalue weighted by Gasteiger charge is -2.21. The van der Waals surface area contributed by atoms with E-state index < -0.39 is 6.10 Å². The van der Waals surface area contributed by atoms with Crippen LogP contribution < -0.4 is 10.6 Å². The minimum Gasteiger partial charge on any atom is -0.392 e. The van der Waals surface area contributed by atoms with E-state index in [1.165, 1.54) is 5.56 Å². The number of hydrogen-bond acceptors (Lipinski definition) is 3. The fourth-order valence-electron chi connectivity index (χ4n) is 2.59. The average Bonchev–Trinajstić information content (AvgIpc) is 2.84. The third-order valence-corrected chi connectivity index (χ3v) is 4.06. The molecule has 0 aliphatic carbocycles. The molecule has 1 saturated heterocycles. The molecule has 1 heterocycles. The quantitative estimate of drug-likeness (QED) is 0.796. The van der Waals surface area contributed by atoms with Gasteiger partial charge in [-0.05, 0) is 29.9 Å². The first kappa shape index (κ1) is 16.0. The van der Waals surface area contributed by atoms with Crippen molar-refractivity contribution in [2.24, 2.45) is 0 Å². The molecule has 0 bridgehead atoms. The third-order valence-electron chi connectivity index (χ3n) is 4.06. The maximum Gasteiger partial charge on any atom is 0.237 e. The molecule has 3 atom stereocenters. The minimum absolute atomic E-state index is 0.0361. The first-order valence-electron chi connectivity index (χ1n) is 7.59. The number of rotatable bonds is 3. The number of carbonyl (C=O) groups is 1.